The number of halogens is 1. The number of sulfonamides is 1. The summed E-state index contributed by atoms with van der Waals surface area (Å²) in [6.45, 7) is 1.35. The summed E-state index contributed by atoms with van der Waals surface area (Å²) in [5.74, 6) is 0. The number of benzene rings is 2. The highest BCUT2D eigenvalue weighted by Gasteiger charge is 2.36. The number of hydrogen-bond donors (Lipinski definition) is 1. The van der Waals surface area contributed by atoms with Crippen molar-refractivity contribution in [2.75, 3.05) is 11.4 Å². The second-order valence-electron chi connectivity index (χ2n) is 8.20. The van der Waals surface area contributed by atoms with Gasteiger partial charge in [0, 0.05) is 35.9 Å². The highest BCUT2D eigenvalue weighted by atomic mass is 35.5. The molecule has 180 valence electrons. The van der Waals surface area contributed by atoms with Crippen molar-refractivity contribution in [2.45, 2.75) is 30.4 Å². The molecule has 0 aliphatic carbocycles. The molecule has 7 nitrogen and oxygen atoms in total. The van der Waals surface area contributed by atoms with Crippen molar-refractivity contribution in [1.29, 1.82) is 5.26 Å². The summed E-state index contributed by atoms with van der Waals surface area (Å²) < 4.78 is 29.3. The van der Waals surface area contributed by atoms with E-state index < -0.39 is 10.0 Å². The Kier molecular flexibility index (Phi) is 7.57. The molecule has 1 N–H and O–H groups in total. The average Bonchev–Trinajstić information content (AvgIpc) is 3.57. The van der Waals surface area contributed by atoms with Crippen molar-refractivity contribution in [2.24, 2.45) is 0 Å². The van der Waals surface area contributed by atoms with Gasteiger partial charge in [0.1, 0.15) is 0 Å². The van der Waals surface area contributed by atoms with Gasteiger partial charge in [0.25, 0.3) is 0 Å². The Bertz CT molecular complexity index is 1400. The SMILES string of the molecule is Cl.N#Cc1ccc2c(c1)CC(N(Cc1cccs1)S(=O)(=O)c1ccccc1)CN2Cc1c[nH]cn1. The zero-order valence-corrected chi connectivity index (χ0v) is 21.2. The van der Waals surface area contributed by atoms with Crippen LogP contribution in [-0.4, -0.2) is 35.3 Å². The fourth-order valence-electron chi connectivity index (χ4n) is 4.41. The van der Waals surface area contributed by atoms with Gasteiger partial charge in [-0.05, 0) is 53.8 Å². The van der Waals surface area contributed by atoms with Crippen LogP contribution < -0.4 is 4.90 Å². The molecule has 1 unspecified atom stereocenters. The highest BCUT2D eigenvalue weighted by molar-refractivity contribution is 7.89. The van der Waals surface area contributed by atoms with Gasteiger partial charge in [-0.25, -0.2) is 13.4 Å². The molecule has 1 aliphatic heterocycles. The van der Waals surface area contributed by atoms with Gasteiger partial charge in [0.2, 0.25) is 10.0 Å². The van der Waals surface area contributed by atoms with Crippen LogP contribution in [0.3, 0.4) is 0 Å². The first-order valence-corrected chi connectivity index (χ1v) is 13.2. The smallest absolute Gasteiger partial charge is 0.243 e. The lowest BCUT2D eigenvalue weighted by molar-refractivity contribution is 0.304. The maximum Gasteiger partial charge on any atom is 0.243 e. The number of aromatic nitrogens is 2. The third-order valence-corrected chi connectivity index (χ3v) is 8.77. The fraction of sp³-hybridized carbons (Fsp3) is 0.200. The van der Waals surface area contributed by atoms with Crippen LogP contribution in [-0.2, 0) is 29.5 Å². The molecule has 0 amide bonds. The van der Waals surface area contributed by atoms with Crippen molar-refractivity contribution in [3.8, 4) is 6.07 Å². The minimum absolute atomic E-state index is 0. The van der Waals surface area contributed by atoms with E-state index >= 15 is 0 Å². The number of hydrogen-bond acceptors (Lipinski definition) is 6. The summed E-state index contributed by atoms with van der Waals surface area (Å²) in [4.78, 5) is 10.8. The molecular weight excluding hydrogens is 502 g/mol. The van der Waals surface area contributed by atoms with Crippen molar-refractivity contribution in [1.82, 2.24) is 14.3 Å². The zero-order chi connectivity index (χ0) is 23.5. The van der Waals surface area contributed by atoms with E-state index in [9.17, 15) is 13.7 Å². The van der Waals surface area contributed by atoms with E-state index in [4.69, 9.17) is 0 Å². The van der Waals surface area contributed by atoms with E-state index in [0.29, 0.717) is 31.6 Å². The number of anilines is 1. The van der Waals surface area contributed by atoms with Gasteiger partial charge in [-0.1, -0.05) is 24.3 Å². The van der Waals surface area contributed by atoms with Crippen molar-refractivity contribution >= 4 is 39.5 Å². The van der Waals surface area contributed by atoms with Crippen LogP contribution in [0.15, 0.2) is 83.5 Å². The van der Waals surface area contributed by atoms with Crippen molar-refractivity contribution in [3.05, 3.63) is 100 Å². The van der Waals surface area contributed by atoms with E-state index in [2.05, 4.69) is 20.9 Å². The van der Waals surface area contributed by atoms with Crippen molar-refractivity contribution in [3.63, 3.8) is 0 Å². The first-order valence-electron chi connectivity index (χ1n) is 10.9. The average molecular weight is 526 g/mol. The third kappa shape index (κ3) is 5.26. The van der Waals surface area contributed by atoms with Crippen LogP contribution in [0.4, 0.5) is 5.69 Å². The van der Waals surface area contributed by atoms with E-state index in [0.717, 1.165) is 21.8 Å². The molecule has 0 saturated heterocycles. The van der Waals surface area contributed by atoms with Crippen LogP contribution in [0.1, 0.15) is 21.7 Å². The first kappa shape index (κ1) is 24.9. The zero-order valence-electron chi connectivity index (χ0n) is 18.7. The molecule has 0 fully saturated rings. The predicted octanol–water partition coefficient (Wildman–Crippen LogP) is 4.59. The summed E-state index contributed by atoms with van der Waals surface area (Å²) in [6.07, 6.45) is 4.01. The Morgan fingerprint density at radius 2 is 2.00 bits per heavy atom. The number of nitrogens with zero attached hydrogens (tertiary/aromatic N) is 4. The standard InChI is InChI=1S/C25H23N5O2S2.ClH/c26-13-19-8-9-25-20(11-19)12-22(16-29(25)15-21-14-27-18-28-21)30(17-23-5-4-10-33-23)34(31,32)24-6-2-1-3-7-24;/h1-11,14,18,22H,12,15-17H2,(H,27,28);1H. The maximum absolute atomic E-state index is 13.9. The second-order valence-corrected chi connectivity index (χ2v) is 11.1. The van der Waals surface area contributed by atoms with Crippen LogP contribution in [0.2, 0.25) is 0 Å². The molecule has 10 heteroatoms. The molecule has 35 heavy (non-hydrogen) atoms. The normalized spacial score (nSPS) is 15.3. The number of H-pyrrole nitrogens is 1. The van der Waals surface area contributed by atoms with E-state index in [-0.39, 0.29) is 23.3 Å². The third-order valence-electron chi connectivity index (χ3n) is 5.99. The maximum atomic E-state index is 13.9. The minimum atomic E-state index is -3.75. The van der Waals surface area contributed by atoms with Gasteiger partial charge in [-0.3, -0.25) is 0 Å². The summed E-state index contributed by atoms with van der Waals surface area (Å²) in [7, 11) is -3.75. The predicted molar refractivity (Wildman–Crippen MR) is 139 cm³/mol. The topological polar surface area (TPSA) is 93.1 Å². The summed E-state index contributed by atoms with van der Waals surface area (Å²) >= 11 is 1.55. The lowest BCUT2D eigenvalue weighted by Gasteiger charge is -2.40. The Hall–Kier alpha value is -3.16. The number of aromatic amines is 1. The molecule has 3 heterocycles. The van der Waals surface area contributed by atoms with Gasteiger partial charge >= 0.3 is 0 Å². The molecular formula is C25H24ClN5O2S2. The molecule has 0 spiro atoms. The number of nitriles is 1. The summed E-state index contributed by atoms with van der Waals surface area (Å²) in [5, 5.41) is 11.4. The van der Waals surface area contributed by atoms with Gasteiger partial charge in [0.05, 0.1) is 35.1 Å². The van der Waals surface area contributed by atoms with E-state index in [1.807, 2.05) is 41.9 Å². The molecule has 0 saturated carbocycles. The van der Waals surface area contributed by atoms with E-state index in [1.165, 1.54) is 0 Å². The number of nitrogens with one attached hydrogen (secondary N) is 1. The summed E-state index contributed by atoms with van der Waals surface area (Å²) in [5.41, 5.74) is 3.40. The molecule has 2 aromatic heterocycles. The van der Waals surface area contributed by atoms with Gasteiger partial charge in [-0.15, -0.1) is 23.7 Å². The van der Waals surface area contributed by atoms with Gasteiger partial charge in [-0.2, -0.15) is 9.57 Å². The summed E-state index contributed by atoms with van der Waals surface area (Å²) in [6, 6.07) is 20.0. The van der Waals surface area contributed by atoms with Crippen LogP contribution in [0.5, 0.6) is 0 Å². The first-order chi connectivity index (χ1) is 16.5. The molecule has 2 aromatic carbocycles. The molecule has 4 aromatic rings. The monoisotopic (exact) mass is 525 g/mol. The van der Waals surface area contributed by atoms with Crippen LogP contribution >= 0.6 is 23.7 Å². The van der Waals surface area contributed by atoms with Gasteiger partial charge in [0.15, 0.2) is 0 Å². The second kappa shape index (κ2) is 10.6. The minimum Gasteiger partial charge on any atom is -0.364 e. The van der Waals surface area contributed by atoms with Crippen LogP contribution in [0, 0.1) is 11.3 Å². The Morgan fingerprint density at radius 3 is 2.69 bits per heavy atom. The highest BCUT2D eigenvalue weighted by Crippen LogP contribution is 2.34. The van der Waals surface area contributed by atoms with Crippen LogP contribution in [0.25, 0.3) is 0 Å². The molecule has 1 atom stereocenters. The lowest BCUT2D eigenvalue weighted by Crippen LogP contribution is -2.50. The number of imidazole rings is 1. The van der Waals surface area contributed by atoms with E-state index in [1.54, 1.807) is 52.3 Å². The molecule has 5 rings (SSSR count). The molecule has 0 bridgehead atoms. The number of fused-ring (bicyclic) bond motifs is 1. The Morgan fingerprint density at radius 1 is 1.17 bits per heavy atom. The number of rotatable bonds is 7. The molecule has 0 radical (unpaired) electrons. The Balaban J connectivity index is 0.00000289. The Labute approximate surface area is 215 Å². The van der Waals surface area contributed by atoms with Crippen molar-refractivity contribution < 1.29 is 8.42 Å². The lowest BCUT2D eigenvalue weighted by atomic mass is 9.95. The largest absolute Gasteiger partial charge is 0.364 e. The molecule has 1 aliphatic rings. The quantitative estimate of drug-likeness (QED) is 0.381. The van der Waals surface area contributed by atoms with Gasteiger partial charge < -0.3 is 9.88 Å². The fourth-order valence-corrected chi connectivity index (χ4v) is 6.81. The number of thiophene rings is 1.